The number of ether oxygens (including phenoxy) is 2. The Morgan fingerprint density at radius 3 is 2.65 bits per heavy atom. The lowest BCUT2D eigenvalue weighted by atomic mass is 10.0. The van der Waals surface area contributed by atoms with Gasteiger partial charge in [-0.1, -0.05) is 0 Å². The molecule has 13 heteroatoms. The number of nitrogens with one attached hydrogen (secondary N) is 2. The van der Waals surface area contributed by atoms with Gasteiger partial charge in [-0.2, -0.15) is 0 Å². The van der Waals surface area contributed by atoms with E-state index in [0.717, 1.165) is 4.90 Å². The van der Waals surface area contributed by atoms with E-state index in [-0.39, 0.29) is 17.6 Å². The van der Waals surface area contributed by atoms with E-state index in [0.29, 0.717) is 5.56 Å². The van der Waals surface area contributed by atoms with E-state index < -0.39 is 56.1 Å². The van der Waals surface area contributed by atoms with E-state index >= 15 is 0 Å². The molecule has 1 unspecified atom stereocenters. The molecule has 1 amide bonds. The average Bonchev–Trinajstić information content (AvgIpc) is 3.20. The summed E-state index contributed by atoms with van der Waals surface area (Å²) in [5.41, 5.74) is -0.660. The third-order valence-corrected chi connectivity index (χ3v) is 5.49. The van der Waals surface area contributed by atoms with Gasteiger partial charge in [0, 0.05) is 11.8 Å². The standard InChI is InChI=1S/C18H25N4O8P/c1-5-29-31(27)8-28-16-14(24)13(23)12(22(16)17(26)30-18(2,3)4)9-6-19-11-10(9)20-7-21-15(11)25/h6-7,12-14,16,23-24H,5,8H2,1-4H3,(H-,19,20,21,25)/p+1/t12-,13+,14+,16-/m1/s1. The zero-order chi connectivity index (χ0) is 22.9. The van der Waals surface area contributed by atoms with Gasteiger partial charge in [0.25, 0.3) is 11.9 Å². The summed E-state index contributed by atoms with van der Waals surface area (Å²) in [4.78, 5) is 35.4. The molecule has 0 saturated carbocycles. The summed E-state index contributed by atoms with van der Waals surface area (Å²) < 4.78 is 27.8. The van der Waals surface area contributed by atoms with Crippen LogP contribution < -0.4 is 5.56 Å². The number of H-pyrrole nitrogens is 2. The number of aliphatic hydroxyl groups excluding tert-OH is 2. The van der Waals surface area contributed by atoms with Gasteiger partial charge in [0.05, 0.1) is 19.0 Å². The highest BCUT2D eigenvalue weighted by atomic mass is 31.1. The number of aromatic amines is 2. The molecule has 1 fully saturated rings. The number of amides is 1. The fraction of sp³-hybridized carbons (Fsp3) is 0.611. The number of carbonyl (C=O) groups is 1. The highest BCUT2D eigenvalue weighted by Gasteiger charge is 2.54. The number of aliphatic hydroxyl groups is 2. The molecule has 0 radical (unpaired) electrons. The fourth-order valence-corrected chi connectivity index (χ4v) is 4.04. The summed E-state index contributed by atoms with van der Waals surface area (Å²) in [6, 6.07) is -1.15. The Morgan fingerprint density at radius 2 is 2.00 bits per heavy atom. The highest BCUT2D eigenvalue weighted by molar-refractivity contribution is 7.38. The molecule has 1 aliphatic rings. The van der Waals surface area contributed by atoms with Gasteiger partial charge in [0.2, 0.25) is 0 Å². The van der Waals surface area contributed by atoms with E-state index in [9.17, 15) is 24.4 Å². The second-order valence-corrected chi connectivity index (χ2v) is 9.13. The molecule has 2 aromatic rings. The highest BCUT2D eigenvalue weighted by Crippen LogP contribution is 2.41. The van der Waals surface area contributed by atoms with Crippen LogP contribution in [0.5, 0.6) is 0 Å². The molecule has 31 heavy (non-hydrogen) atoms. The predicted octanol–water partition coefficient (Wildman–Crippen LogP) is 1.34. The third-order valence-electron chi connectivity index (χ3n) is 4.58. The van der Waals surface area contributed by atoms with Crippen LogP contribution in [0.2, 0.25) is 0 Å². The van der Waals surface area contributed by atoms with E-state index in [4.69, 9.17) is 14.0 Å². The molecule has 0 aromatic carbocycles. The molecule has 2 aromatic heterocycles. The van der Waals surface area contributed by atoms with Crippen molar-refractivity contribution >= 4 is 25.2 Å². The summed E-state index contributed by atoms with van der Waals surface area (Å²) in [5.74, 6) is 0. The van der Waals surface area contributed by atoms with Crippen LogP contribution in [0.1, 0.15) is 39.3 Å². The van der Waals surface area contributed by atoms with Crippen molar-refractivity contribution in [3.63, 3.8) is 0 Å². The van der Waals surface area contributed by atoms with Crippen molar-refractivity contribution in [2.75, 3.05) is 13.0 Å². The number of fused-ring (bicyclic) bond motifs is 1. The molecule has 5 atom stereocenters. The van der Waals surface area contributed by atoms with E-state index in [1.54, 1.807) is 27.7 Å². The van der Waals surface area contributed by atoms with Crippen LogP contribution in [0.25, 0.3) is 11.0 Å². The number of carbonyl (C=O) groups excluding carboxylic acids is 1. The Morgan fingerprint density at radius 1 is 1.29 bits per heavy atom. The first-order valence-corrected chi connectivity index (χ1v) is 11.0. The van der Waals surface area contributed by atoms with Crippen LogP contribution >= 0.6 is 8.03 Å². The Hall–Kier alpha value is -2.37. The van der Waals surface area contributed by atoms with Gasteiger partial charge in [0.15, 0.2) is 6.23 Å². The molecule has 170 valence electrons. The van der Waals surface area contributed by atoms with Crippen LogP contribution in [0.4, 0.5) is 4.79 Å². The number of aromatic nitrogens is 3. The molecule has 3 heterocycles. The quantitative estimate of drug-likeness (QED) is 0.468. The van der Waals surface area contributed by atoms with E-state index in [1.807, 2.05) is 0 Å². The minimum atomic E-state index is -2.19. The van der Waals surface area contributed by atoms with E-state index in [2.05, 4.69) is 15.0 Å². The zero-order valence-corrected chi connectivity index (χ0v) is 18.5. The maximum Gasteiger partial charge on any atom is 0.537 e. The van der Waals surface area contributed by atoms with Crippen molar-refractivity contribution in [2.45, 2.75) is 57.8 Å². The predicted molar refractivity (Wildman–Crippen MR) is 109 cm³/mol. The van der Waals surface area contributed by atoms with E-state index in [1.165, 1.54) is 12.5 Å². The second-order valence-electron chi connectivity index (χ2n) is 7.95. The van der Waals surface area contributed by atoms with Gasteiger partial charge in [0.1, 0.15) is 28.8 Å². The van der Waals surface area contributed by atoms with Gasteiger partial charge in [-0.25, -0.2) is 9.78 Å². The molecule has 0 bridgehead atoms. The first kappa shape index (κ1) is 23.3. The summed E-state index contributed by atoms with van der Waals surface area (Å²) in [6.07, 6.45) is -3.08. The summed E-state index contributed by atoms with van der Waals surface area (Å²) in [7, 11) is -2.19. The first-order chi connectivity index (χ1) is 14.5. The number of rotatable bonds is 6. The number of nitrogens with zero attached hydrogens (tertiary/aromatic N) is 2. The Labute approximate surface area is 178 Å². The van der Waals surface area contributed by atoms with Crippen molar-refractivity contribution in [1.29, 1.82) is 0 Å². The van der Waals surface area contributed by atoms with Crippen LogP contribution in [0, 0.1) is 0 Å². The fourth-order valence-electron chi connectivity index (χ4n) is 3.40. The van der Waals surface area contributed by atoms with Crippen molar-refractivity contribution in [1.82, 2.24) is 19.9 Å². The number of likely N-dealkylation sites (tertiary alicyclic amines) is 1. The molecule has 3 rings (SSSR count). The minimum Gasteiger partial charge on any atom is -0.444 e. The molecule has 0 spiro atoms. The molecule has 1 saturated heterocycles. The lowest BCUT2D eigenvalue weighted by Crippen LogP contribution is -2.45. The molecule has 12 nitrogen and oxygen atoms in total. The normalized spacial score (nSPS) is 24.6. The topological polar surface area (TPSA) is 167 Å². The van der Waals surface area contributed by atoms with Gasteiger partial charge < -0.3 is 29.7 Å². The molecule has 0 aliphatic carbocycles. The third kappa shape index (κ3) is 4.78. The average molecular weight is 457 g/mol. The SMILES string of the molecule is CCO[P+](=O)CO[C@@H]1[C@@H](O)[C@@H](O)[C@@H](c2c[nH]c3c(=O)[nH]cnc23)N1C(=O)OC(C)(C)C. The zero-order valence-electron chi connectivity index (χ0n) is 17.6. The maximum atomic E-state index is 13.0. The van der Waals surface area contributed by atoms with Crippen molar-refractivity contribution in [3.8, 4) is 0 Å². The van der Waals surface area contributed by atoms with Gasteiger partial charge in [-0.15, -0.1) is 4.52 Å². The van der Waals surface area contributed by atoms with Crippen LogP contribution in [0.15, 0.2) is 17.3 Å². The number of hydrogen-bond acceptors (Lipinski definition) is 9. The first-order valence-electron chi connectivity index (χ1n) is 9.66. The summed E-state index contributed by atoms with van der Waals surface area (Å²) >= 11 is 0. The molecule has 1 aliphatic heterocycles. The molecule has 4 N–H and O–H groups in total. The van der Waals surface area contributed by atoms with Gasteiger partial charge in [-0.05, 0) is 32.3 Å². The van der Waals surface area contributed by atoms with Crippen molar-refractivity contribution in [2.24, 2.45) is 0 Å². The Bertz CT molecular complexity index is 1020. The number of hydrogen-bond donors (Lipinski definition) is 4. The smallest absolute Gasteiger partial charge is 0.444 e. The Balaban J connectivity index is 2.02. The maximum absolute atomic E-state index is 13.0. The second kappa shape index (κ2) is 9.01. The molecular weight excluding hydrogens is 431 g/mol. The lowest BCUT2D eigenvalue weighted by Gasteiger charge is -2.31. The van der Waals surface area contributed by atoms with Crippen LogP contribution in [-0.2, 0) is 18.6 Å². The Kier molecular flexibility index (Phi) is 6.77. The largest absolute Gasteiger partial charge is 0.537 e. The van der Waals surface area contributed by atoms with Gasteiger partial charge in [-0.3, -0.25) is 9.69 Å². The summed E-state index contributed by atoms with van der Waals surface area (Å²) in [6.45, 7) is 6.85. The van der Waals surface area contributed by atoms with Crippen LogP contribution in [0.3, 0.4) is 0 Å². The van der Waals surface area contributed by atoms with Gasteiger partial charge >= 0.3 is 14.1 Å². The lowest BCUT2D eigenvalue weighted by molar-refractivity contribution is -0.0899. The van der Waals surface area contributed by atoms with Crippen molar-refractivity contribution in [3.05, 3.63) is 28.4 Å². The van der Waals surface area contributed by atoms with Crippen molar-refractivity contribution < 1.29 is 33.6 Å². The van der Waals surface area contributed by atoms with Crippen LogP contribution in [-0.4, -0.2) is 73.1 Å². The monoisotopic (exact) mass is 457 g/mol. The molecular formula is C18H26N4O8P+. The minimum absolute atomic E-state index is 0.145. The summed E-state index contributed by atoms with van der Waals surface area (Å²) in [5, 5.41) is 21.5.